The quantitative estimate of drug-likeness (QED) is 0.608. The number of aromatic nitrogens is 2. The normalized spacial score (nSPS) is 11.4. The van der Waals surface area contributed by atoms with Gasteiger partial charge in [0.05, 0.1) is 22.7 Å². The van der Waals surface area contributed by atoms with Crippen LogP contribution in [0.4, 0.5) is 5.82 Å². The molecule has 3 rings (SSSR count). The molecular weight excluding hydrogens is 445 g/mol. The number of hydrogen-bond acceptors (Lipinski definition) is 4. The van der Waals surface area contributed by atoms with Crippen molar-refractivity contribution in [3.8, 4) is 0 Å². The number of nitrogens with zero attached hydrogens (tertiary/aromatic N) is 2. The van der Waals surface area contributed by atoms with E-state index >= 15 is 0 Å². The number of benzene rings is 2. The van der Waals surface area contributed by atoms with E-state index in [1.807, 2.05) is 0 Å². The highest BCUT2D eigenvalue weighted by molar-refractivity contribution is 7.90. The molecule has 0 saturated carbocycles. The summed E-state index contributed by atoms with van der Waals surface area (Å²) in [5, 5.41) is 7.96. The molecule has 0 spiro atoms. The average molecular weight is 459 g/mol. The average Bonchev–Trinajstić information content (AvgIpc) is 3.03. The third kappa shape index (κ3) is 4.67. The molecule has 3 aromatic rings. The second-order valence-electron chi connectivity index (χ2n) is 5.98. The number of rotatable bonds is 5. The van der Waals surface area contributed by atoms with Crippen molar-refractivity contribution in [2.24, 2.45) is 0 Å². The summed E-state index contributed by atoms with van der Waals surface area (Å²) in [6, 6.07) is 10.8. The molecule has 0 saturated heterocycles. The predicted octanol–water partition coefficient (Wildman–Crippen LogP) is 4.55. The molecule has 10 heteroatoms. The van der Waals surface area contributed by atoms with Crippen LogP contribution in [-0.4, -0.2) is 30.4 Å². The van der Waals surface area contributed by atoms with Crippen LogP contribution in [0.25, 0.3) is 0 Å². The van der Waals surface area contributed by atoms with Crippen molar-refractivity contribution in [1.29, 1.82) is 0 Å². The minimum atomic E-state index is -3.56. The van der Waals surface area contributed by atoms with Crippen molar-refractivity contribution in [3.63, 3.8) is 0 Å². The molecular formula is C18H14Cl3N3O3S. The van der Waals surface area contributed by atoms with Crippen molar-refractivity contribution >= 4 is 56.4 Å². The summed E-state index contributed by atoms with van der Waals surface area (Å²) in [6.45, 7) is 0.313. The zero-order valence-electron chi connectivity index (χ0n) is 14.5. The number of carbonyl (C=O) groups is 1. The SMILES string of the molecule is CS(=O)(=O)c1cc(C(=O)Nc2ccnn2Cc2ccc(Cl)cc2Cl)ccc1Cl. The van der Waals surface area contributed by atoms with Crippen molar-refractivity contribution in [1.82, 2.24) is 9.78 Å². The molecule has 0 fully saturated rings. The molecule has 0 aliphatic heterocycles. The number of amides is 1. The third-order valence-electron chi connectivity index (χ3n) is 3.89. The monoisotopic (exact) mass is 457 g/mol. The van der Waals surface area contributed by atoms with E-state index in [1.54, 1.807) is 28.9 Å². The van der Waals surface area contributed by atoms with Crippen molar-refractivity contribution in [3.05, 3.63) is 74.9 Å². The fraction of sp³-hybridized carbons (Fsp3) is 0.111. The van der Waals surface area contributed by atoms with E-state index in [4.69, 9.17) is 34.8 Å². The smallest absolute Gasteiger partial charge is 0.256 e. The van der Waals surface area contributed by atoms with Gasteiger partial charge in [-0.05, 0) is 35.9 Å². The Bertz CT molecular complexity index is 1160. The fourth-order valence-corrected chi connectivity index (χ4v) is 4.26. The lowest BCUT2D eigenvalue weighted by molar-refractivity contribution is 0.102. The zero-order valence-corrected chi connectivity index (χ0v) is 17.6. The molecule has 0 atom stereocenters. The first kappa shape index (κ1) is 20.7. The standard InChI is InChI=1S/C18H14Cl3N3O3S/c1-28(26,27)16-8-11(3-5-14(16)20)18(25)23-17-6-7-22-24(17)10-12-2-4-13(19)9-15(12)21/h2-9H,10H2,1H3,(H,23,25). The summed E-state index contributed by atoms with van der Waals surface area (Å²) in [5.74, 6) is -0.0719. The van der Waals surface area contributed by atoms with Gasteiger partial charge in [0.25, 0.3) is 5.91 Å². The van der Waals surface area contributed by atoms with Crippen LogP contribution in [-0.2, 0) is 16.4 Å². The van der Waals surface area contributed by atoms with E-state index in [9.17, 15) is 13.2 Å². The van der Waals surface area contributed by atoms with Gasteiger partial charge in [-0.1, -0.05) is 40.9 Å². The largest absolute Gasteiger partial charge is 0.307 e. The zero-order chi connectivity index (χ0) is 20.5. The summed E-state index contributed by atoms with van der Waals surface area (Å²) >= 11 is 18.0. The maximum absolute atomic E-state index is 12.6. The first-order valence-corrected chi connectivity index (χ1v) is 10.9. The fourth-order valence-electron chi connectivity index (χ4n) is 2.49. The summed E-state index contributed by atoms with van der Waals surface area (Å²) in [6.07, 6.45) is 2.56. The van der Waals surface area contributed by atoms with E-state index in [-0.39, 0.29) is 15.5 Å². The highest BCUT2D eigenvalue weighted by Gasteiger charge is 2.17. The van der Waals surface area contributed by atoms with Gasteiger partial charge in [-0.15, -0.1) is 0 Å². The number of carbonyl (C=O) groups excluding carboxylic acids is 1. The van der Waals surface area contributed by atoms with Crippen LogP contribution in [0, 0.1) is 0 Å². The minimum absolute atomic E-state index is 0.0569. The third-order valence-corrected chi connectivity index (χ3v) is 6.05. The molecule has 6 nitrogen and oxygen atoms in total. The van der Waals surface area contributed by atoms with Gasteiger partial charge in [0, 0.05) is 27.9 Å². The molecule has 1 heterocycles. The molecule has 0 bridgehead atoms. The lowest BCUT2D eigenvalue weighted by Gasteiger charge is -2.11. The van der Waals surface area contributed by atoms with E-state index in [1.165, 1.54) is 24.4 Å². The molecule has 1 aromatic heterocycles. The van der Waals surface area contributed by atoms with Crippen molar-refractivity contribution in [2.45, 2.75) is 11.4 Å². The van der Waals surface area contributed by atoms with Gasteiger partial charge in [-0.2, -0.15) is 5.10 Å². The molecule has 0 aliphatic carbocycles. The Morgan fingerprint density at radius 2 is 1.82 bits per heavy atom. The Hall–Kier alpha value is -2.06. The molecule has 1 N–H and O–H groups in total. The van der Waals surface area contributed by atoms with Crippen LogP contribution in [0.2, 0.25) is 15.1 Å². The highest BCUT2D eigenvalue weighted by Crippen LogP contribution is 2.24. The van der Waals surface area contributed by atoms with Gasteiger partial charge < -0.3 is 5.32 Å². The molecule has 2 aromatic carbocycles. The molecule has 0 unspecified atom stereocenters. The van der Waals surface area contributed by atoms with Crippen LogP contribution in [0.1, 0.15) is 15.9 Å². The van der Waals surface area contributed by atoms with E-state index in [2.05, 4.69) is 10.4 Å². The number of anilines is 1. The number of hydrogen-bond donors (Lipinski definition) is 1. The van der Waals surface area contributed by atoms with Crippen LogP contribution >= 0.6 is 34.8 Å². The molecule has 0 radical (unpaired) electrons. The first-order chi connectivity index (χ1) is 13.1. The highest BCUT2D eigenvalue weighted by atomic mass is 35.5. The number of sulfone groups is 1. The summed E-state index contributed by atoms with van der Waals surface area (Å²) < 4.78 is 25.2. The van der Waals surface area contributed by atoms with Crippen molar-refractivity contribution < 1.29 is 13.2 Å². The number of halogens is 3. The minimum Gasteiger partial charge on any atom is -0.307 e. The van der Waals surface area contributed by atoms with Crippen LogP contribution in [0.15, 0.2) is 53.6 Å². The van der Waals surface area contributed by atoms with Crippen LogP contribution < -0.4 is 5.32 Å². The summed E-state index contributed by atoms with van der Waals surface area (Å²) in [7, 11) is -3.56. The number of nitrogens with one attached hydrogen (secondary N) is 1. The summed E-state index contributed by atoms with van der Waals surface area (Å²) in [4.78, 5) is 12.5. The Kier molecular flexibility index (Phi) is 6.00. The van der Waals surface area contributed by atoms with Gasteiger partial charge in [0.1, 0.15) is 5.82 Å². The van der Waals surface area contributed by atoms with Crippen LogP contribution in [0.3, 0.4) is 0 Å². The summed E-state index contributed by atoms with van der Waals surface area (Å²) in [5.41, 5.74) is 0.929. The lowest BCUT2D eigenvalue weighted by Crippen LogP contribution is -2.17. The Morgan fingerprint density at radius 3 is 2.50 bits per heavy atom. The second kappa shape index (κ2) is 8.13. The topological polar surface area (TPSA) is 81.1 Å². The van der Waals surface area contributed by atoms with Gasteiger partial charge in [-0.25, -0.2) is 13.1 Å². The molecule has 28 heavy (non-hydrogen) atoms. The molecule has 0 aliphatic rings. The van der Waals surface area contributed by atoms with Crippen molar-refractivity contribution in [2.75, 3.05) is 11.6 Å². The van der Waals surface area contributed by atoms with Crippen LogP contribution in [0.5, 0.6) is 0 Å². The van der Waals surface area contributed by atoms with Gasteiger partial charge in [0.2, 0.25) is 0 Å². The Morgan fingerprint density at radius 1 is 1.07 bits per heavy atom. The predicted molar refractivity (Wildman–Crippen MR) is 110 cm³/mol. The Balaban J connectivity index is 1.84. The maximum Gasteiger partial charge on any atom is 0.256 e. The van der Waals surface area contributed by atoms with Gasteiger partial charge in [-0.3, -0.25) is 4.79 Å². The van der Waals surface area contributed by atoms with Gasteiger partial charge in [0.15, 0.2) is 9.84 Å². The van der Waals surface area contributed by atoms with E-state index in [0.29, 0.717) is 22.4 Å². The second-order valence-corrected chi connectivity index (χ2v) is 9.22. The maximum atomic E-state index is 12.6. The van der Waals surface area contributed by atoms with Gasteiger partial charge >= 0.3 is 0 Å². The first-order valence-electron chi connectivity index (χ1n) is 7.92. The van der Waals surface area contributed by atoms with E-state index < -0.39 is 15.7 Å². The lowest BCUT2D eigenvalue weighted by atomic mass is 10.2. The molecule has 146 valence electrons. The van der Waals surface area contributed by atoms with E-state index in [0.717, 1.165) is 11.8 Å². The Labute approximate surface area is 176 Å². The molecule has 1 amide bonds.